The second-order valence-electron chi connectivity index (χ2n) is 2.67. The molecule has 0 aliphatic rings. The Morgan fingerprint density at radius 2 is 1.69 bits per heavy atom. The lowest BCUT2D eigenvalue weighted by Gasteiger charge is -2.05. The first-order valence-electron chi connectivity index (χ1n) is 4.03. The van der Waals surface area contributed by atoms with Crippen LogP contribution in [0, 0.1) is 17.5 Å². The van der Waals surface area contributed by atoms with Gasteiger partial charge in [0.2, 0.25) is 0 Å². The summed E-state index contributed by atoms with van der Waals surface area (Å²) in [5, 5.41) is 2.65. The van der Waals surface area contributed by atoms with Crippen LogP contribution in [-0.4, -0.2) is 6.54 Å². The van der Waals surface area contributed by atoms with Crippen LogP contribution < -0.4 is 5.32 Å². The molecule has 13 heavy (non-hydrogen) atoms. The summed E-state index contributed by atoms with van der Waals surface area (Å²) in [4.78, 5) is 0. The predicted molar refractivity (Wildman–Crippen MR) is 45.1 cm³/mol. The highest BCUT2D eigenvalue weighted by Crippen LogP contribution is 2.17. The summed E-state index contributed by atoms with van der Waals surface area (Å²) in [6.45, 7) is 2.42. The van der Waals surface area contributed by atoms with Gasteiger partial charge in [-0.05, 0) is 6.42 Å². The van der Waals surface area contributed by atoms with Gasteiger partial charge in [0.25, 0.3) is 0 Å². The van der Waals surface area contributed by atoms with Crippen molar-refractivity contribution in [2.45, 2.75) is 13.3 Å². The Balaban J connectivity index is 2.88. The fraction of sp³-hybridized carbons (Fsp3) is 0.333. The molecule has 1 aromatic carbocycles. The minimum Gasteiger partial charge on any atom is -0.383 e. The average Bonchev–Trinajstić information content (AvgIpc) is 2.09. The maximum atomic E-state index is 12.9. The molecule has 0 unspecified atom stereocenters. The largest absolute Gasteiger partial charge is 0.383 e. The maximum Gasteiger partial charge on any atom is 0.161 e. The van der Waals surface area contributed by atoms with Crippen molar-refractivity contribution in [2.24, 2.45) is 0 Å². The van der Waals surface area contributed by atoms with Crippen LogP contribution in [0.15, 0.2) is 12.1 Å². The van der Waals surface area contributed by atoms with Crippen LogP contribution in [0.5, 0.6) is 0 Å². The Labute approximate surface area is 74.6 Å². The van der Waals surface area contributed by atoms with E-state index in [4.69, 9.17) is 0 Å². The fourth-order valence-corrected chi connectivity index (χ4v) is 0.918. The molecule has 4 heteroatoms. The lowest BCUT2D eigenvalue weighted by Crippen LogP contribution is -2.03. The third-order valence-electron chi connectivity index (χ3n) is 1.58. The minimum absolute atomic E-state index is 0.000694. The molecule has 1 N–H and O–H groups in total. The third kappa shape index (κ3) is 2.37. The van der Waals surface area contributed by atoms with Gasteiger partial charge in [0, 0.05) is 18.7 Å². The Morgan fingerprint density at radius 1 is 1.08 bits per heavy atom. The van der Waals surface area contributed by atoms with Gasteiger partial charge in [0.05, 0.1) is 5.69 Å². The van der Waals surface area contributed by atoms with E-state index in [1.54, 1.807) is 0 Å². The SMILES string of the molecule is CCCNc1cc(F)c(F)cc1F. The molecule has 0 radical (unpaired) electrons. The number of rotatable bonds is 3. The van der Waals surface area contributed by atoms with Gasteiger partial charge >= 0.3 is 0 Å². The van der Waals surface area contributed by atoms with Crippen molar-refractivity contribution in [2.75, 3.05) is 11.9 Å². The van der Waals surface area contributed by atoms with E-state index in [9.17, 15) is 13.2 Å². The second-order valence-corrected chi connectivity index (χ2v) is 2.67. The van der Waals surface area contributed by atoms with E-state index >= 15 is 0 Å². The van der Waals surface area contributed by atoms with Gasteiger partial charge in [0.15, 0.2) is 11.6 Å². The number of nitrogens with one attached hydrogen (secondary N) is 1. The molecule has 0 saturated carbocycles. The van der Waals surface area contributed by atoms with Crippen molar-refractivity contribution in [3.05, 3.63) is 29.6 Å². The Bertz CT molecular complexity index is 299. The van der Waals surface area contributed by atoms with Gasteiger partial charge in [-0.1, -0.05) is 6.92 Å². The van der Waals surface area contributed by atoms with Gasteiger partial charge in [-0.25, -0.2) is 13.2 Å². The lowest BCUT2D eigenvalue weighted by molar-refractivity contribution is 0.496. The normalized spacial score (nSPS) is 10.2. The Hall–Kier alpha value is -1.19. The van der Waals surface area contributed by atoms with E-state index in [0.717, 1.165) is 12.5 Å². The van der Waals surface area contributed by atoms with Crippen LogP contribution in [0.2, 0.25) is 0 Å². The zero-order valence-corrected chi connectivity index (χ0v) is 7.20. The van der Waals surface area contributed by atoms with Crippen molar-refractivity contribution in [1.29, 1.82) is 0 Å². The molecule has 0 aromatic heterocycles. The predicted octanol–water partition coefficient (Wildman–Crippen LogP) is 2.93. The molecule has 0 aliphatic carbocycles. The van der Waals surface area contributed by atoms with Crippen molar-refractivity contribution in [3.8, 4) is 0 Å². The first-order chi connectivity index (χ1) is 6.15. The molecule has 72 valence electrons. The molecule has 0 fully saturated rings. The highest BCUT2D eigenvalue weighted by molar-refractivity contribution is 5.45. The fourth-order valence-electron chi connectivity index (χ4n) is 0.918. The summed E-state index contributed by atoms with van der Waals surface area (Å²) in [5.74, 6) is -2.98. The maximum absolute atomic E-state index is 12.9. The zero-order valence-electron chi connectivity index (χ0n) is 7.20. The molecule has 0 heterocycles. The standard InChI is InChI=1S/C9H10F3N/c1-2-3-13-9-5-7(11)6(10)4-8(9)12/h4-5,13H,2-3H2,1H3. The highest BCUT2D eigenvalue weighted by Gasteiger charge is 2.08. The summed E-state index contributed by atoms with van der Waals surface area (Å²) in [6.07, 6.45) is 0.790. The van der Waals surface area contributed by atoms with E-state index < -0.39 is 17.5 Å². The van der Waals surface area contributed by atoms with Gasteiger partial charge in [-0.3, -0.25) is 0 Å². The van der Waals surface area contributed by atoms with E-state index in [2.05, 4.69) is 5.32 Å². The Morgan fingerprint density at radius 3 is 2.31 bits per heavy atom. The highest BCUT2D eigenvalue weighted by atomic mass is 19.2. The zero-order chi connectivity index (χ0) is 9.84. The second kappa shape index (κ2) is 4.16. The molecule has 0 atom stereocenters. The van der Waals surface area contributed by atoms with Crippen molar-refractivity contribution >= 4 is 5.69 Å². The molecule has 0 bridgehead atoms. The summed E-state index contributed by atoms with van der Waals surface area (Å²) in [7, 11) is 0. The van der Waals surface area contributed by atoms with Crippen LogP contribution in [0.1, 0.15) is 13.3 Å². The molecule has 0 amide bonds. The number of hydrogen-bond acceptors (Lipinski definition) is 1. The topological polar surface area (TPSA) is 12.0 Å². The molecular weight excluding hydrogens is 179 g/mol. The van der Waals surface area contributed by atoms with E-state index in [-0.39, 0.29) is 5.69 Å². The van der Waals surface area contributed by atoms with E-state index in [1.807, 2.05) is 6.92 Å². The molecule has 0 spiro atoms. The smallest absolute Gasteiger partial charge is 0.161 e. The van der Waals surface area contributed by atoms with Gasteiger partial charge in [0.1, 0.15) is 5.82 Å². The monoisotopic (exact) mass is 189 g/mol. The van der Waals surface area contributed by atoms with Crippen molar-refractivity contribution in [1.82, 2.24) is 0 Å². The first-order valence-corrected chi connectivity index (χ1v) is 4.03. The lowest BCUT2D eigenvalue weighted by atomic mass is 10.2. The average molecular weight is 189 g/mol. The number of halogens is 3. The summed E-state index contributed by atoms with van der Waals surface area (Å²) < 4.78 is 37.9. The van der Waals surface area contributed by atoms with Gasteiger partial charge in [-0.15, -0.1) is 0 Å². The van der Waals surface area contributed by atoms with Crippen LogP contribution >= 0.6 is 0 Å². The molecule has 1 aromatic rings. The molecule has 1 rings (SSSR count). The summed E-state index contributed by atoms with van der Waals surface area (Å²) in [6, 6.07) is 1.35. The molecule has 0 saturated heterocycles. The van der Waals surface area contributed by atoms with Gasteiger partial charge < -0.3 is 5.32 Å². The summed E-state index contributed by atoms with van der Waals surface area (Å²) in [5.41, 5.74) is 0.000694. The van der Waals surface area contributed by atoms with E-state index in [1.165, 1.54) is 0 Å². The molecular formula is C9H10F3N. The number of hydrogen-bond donors (Lipinski definition) is 1. The Kier molecular flexibility index (Phi) is 3.17. The quantitative estimate of drug-likeness (QED) is 0.721. The van der Waals surface area contributed by atoms with E-state index in [0.29, 0.717) is 12.6 Å². The minimum atomic E-state index is -1.17. The number of anilines is 1. The third-order valence-corrected chi connectivity index (χ3v) is 1.58. The molecule has 0 aliphatic heterocycles. The molecule has 1 nitrogen and oxygen atoms in total. The van der Waals surface area contributed by atoms with Crippen molar-refractivity contribution in [3.63, 3.8) is 0 Å². The number of benzene rings is 1. The van der Waals surface area contributed by atoms with Crippen LogP contribution in [0.3, 0.4) is 0 Å². The van der Waals surface area contributed by atoms with Crippen LogP contribution in [0.25, 0.3) is 0 Å². The van der Waals surface area contributed by atoms with Crippen LogP contribution in [-0.2, 0) is 0 Å². The first kappa shape index (κ1) is 9.89. The van der Waals surface area contributed by atoms with Crippen molar-refractivity contribution < 1.29 is 13.2 Å². The summed E-state index contributed by atoms with van der Waals surface area (Å²) >= 11 is 0. The van der Waals surface area contributed by atoms with Crippen LogP contribution in [0.4, 0.5) is 18.9 Å². The van der Waals surface area contributed by atoms with Gasteiger partial charge in [-0.2, -0.15) is 0 Å².